The predicted octanol–water partition coefficient (Wildman–Crippen LogP) is 0.320. The Bertz CT molecular complexity index is 527. The lowest BCUT2D eigenvalue weighted by Gasteiger charge is -2.32. The largest absolute Gasteiger partial charge is 0.481 e. The first kappa shape index (κ1) is 20.9. The van der Waals surface area contributed by atoms with Crippen molar-refractivity contribution in [2.45, 2.75) is 40.0 Å². The molecule has 0 aromatic heterocycles. The molecule has 8 nitrogen and oxygen atoms in total. The van der Waals surface area contributed by atoms with Crippen molar-refractivity contribution in [2.75, 3.05) is 33.2 Å². The second-order valence-corrected chi connectivity index (χ2v) is 7.52. The van der Waals surface area contributed by atoms with E-state index in [0.29, 0.717) is 19.4 Å². The summed E-state index contributed by atoms with van der Waals surface area (Å²) in [4.78, 5) is 50.0. The van der Waals surface area contributed by atoms with Crippen molar-refractivity contribution in [1.29, 1.82) is 0 Å². The zero-order chi connectivity index (χ0) is 19.2. The van der Waals surface area contributed by atoms with E-state index in [9.17, 15) is 19.2 Å². The number of aliphatic carboxylic acids is 1. The summed E-state index contributed by atoms with van der Waals surface area (Å²) in [7, 11) is 1.53. The average Bonchev–Trinajstić information content (AvgIpc) is 2.53. The van der Waals surface area contributed by atoms with Crippen LogP contribution in [-0.2, 0) is 19.2 Å². The highest BCUT2D eigenvalue weighted by Crippen LogP contribution is 2.17. The summed E-state index contributed by atoms with van der Waals surface area (Å²) >= 11 is 0. The fraction of sp³-hybridized carbons (Fsp3) is 0.765. The van der Waals surface area contributed by atoms with Gasteiger partial charge < -0.3 is 20.2 Å². The lowest BCUT2D eigenvalue weighted by Crippen LogP contribution is -2.47. The van der Waals surface area contributed by atoms with Gasteiger partial charge in [-0.15, -0.1) is 0 Å². The van der Waals surface area contributed by atoms with Gasteiger partial charge in [-0.1, -0.05) is 20.8 Å². The van der Waals surface area contributed by atoms with Gasteiger partial charge >= 0.3 is 5.97 Å². The zero-order valence-electron chi connectivity index (χ0n) is 15.5. The topological polar surface area (TPSA) is 107 Å². The van der Waals surface area contributed by atoms with Crippen LogP contribution in [-0.4, -0.2) is 71.8 Å². The van der Waals surface area contributed by atoms with E-state index in [4.69, 9.17) is 5.11 Å². The number of amides is 3. The van der Waals surface area contributed by atoms with Crippen molar-refractivity contribution in [3.8, 4) is 0 Å². The Morgan fingerprint density at radius 3 is 2.44 bits per heavy atom. The van der Waals surface area contributed by atoms with Gasteiger partial charge in [0.2, 0.25) is 17.7 Å². The maximum Gasteiger partial charge on any atom is 0.308 e. The molecule has 1 aliphatic heterocycles. The van der Waals surface area contributed by atoms with Crippen LogP contribution in [0.4, 0.5) is 0 Å². The van der Waals surface area contributed by atoms with Crippen LogP contribution in [0.2, 0.25) is 0 Å². The van der Waals surface area contributed by atoms with E-state index in [1.807, 2.05) is 0 Å². The number of likely N-dealkylation sites (tertiary alicyclic amines) is 1. The summed E-state index contributed by atoms with van der Waals surface area (Å²) in [6, 6.07) is 0. The van der Waals surface area contributed by atoms with Crippen molar-refractivity contribution < 1.29 is 24.3 Å². The molecule has 1 aliphatic rings. The van der Waals surface area contributed by atoms with Gasteiger partial charge in [0.15, 0.2) is 0 Å². The van der Waals surface area contributed by atoms with Crippen LogP contribution in [0.3, 0.4) is 0 Å². The van der Waals surface area contributed by atoms with Gasteiger partial charge in [-0.3, -0.25) is 19.2 Å². The number of carboxylic acids is 1. The first-order chi connectivity index (χ1) is 11.5. The summed E-state index contributed by atoms with van der Waals surface area (Å²) in [6.07, 6.45) is 1.34. The molecule has 8 heteroatoms. The average molecular weight is 355 g/mol. The molecule has 0 aromatic carbocycles. The smallest absolute Gasteiger partial charge is 0.308 e. The van der Waals surface area contributed by atoms with Gasteiger partial charge in [-0.2, -0.15) is 0 Å². The molecule has 142 valence electrons. The van der Waals surface area contributed by atoms with Crippen molar-refractivity contribution in [3.63, 3.8) is 0 Å². The zero-order valence-corrected chi connectivity index (χ0v) is 15.5. The number of nitrogens with one attached hydrogen (secondary N) is 1. The number of carbonyl (C=O) groups is 4. The van der Waals surface area contributed by atoms with Gasteiger partial charge in [-0.25, -0.2) is 0 Å². The van der Waals surface area contributed by atoms with Crippen molar-refractivity contribution in [2.24, 2.45) is 11.3 Å². The summed E-state index contributed by atoms with van der Waals surface area (Å²) < 4.78 is 0. The fourth-order valence-electron chi connectivity index (χ4n) is 2.54. The lowest BCUT2D eigenvalue weighted by atomic mass is 9.96. The molecule has 1 heterocycles. The number of hydrogen-bond acceptors (Lipinski definition) is 4. The molecule has 0 aromatic rings. The SMILES string of the molecule is CN(CC(=O)N1CCCC(C(=O)O)C1)C(=O)CCNC(=O)C(C)(C)C. The van der Waals surface area contributed by atoms with E-state index < -0.39 is 17.3 Å². The summed E-state index contributed by atoms with van der Waals surface area (Å²) in [5, 5.41) is 11.8. The molecule has 25 heavy (non-hydrogen) atoms. The number of likely N-dealkylation sites (N-methyl/N-ethyl adjacent to an activating group) is 1. The third kappa shape index (κ3) is 6.72. The molecule has 1 fully saturated rings. The van der Waals surface area contributed by atoms with Gasteiger partial charge in [0.25, 0.3) is 0 Å². The van der Waals surface area contributed by atoms with E-state index in [0.717, 1.165) is 0 Å². The summed E-state index contributed by atoms with van der Waals surface area (Å²) in [5.41, 5.74) is -0.514. The van der Waals surface area contributed by atoms with Crippen LogP contribution in [0, 0.1) is 11.3 Å². The number of carbonyl (C=O) groups excluding carboxylic acids is 3. The summed E-state index contributed by atoms with van der Waals surface area (Å²) in [6.45, 7) is 6.22. The third-order valence-electron chi connectivity index (χ3n) is 4.23. The lowest BCUT2D eigenvalue weighted by molar-refractivity contribution is -0.147. The van der Waals surface area contributed by atoms with E-state index in [1.165, 1.54) is 16.8 Å². The first-order valence-corrected chi connectivity index (χ1v) is 8.55. The molecule has 1 unspecified atom stereocenters. The third-order valence-corrected chi connectivity index (χ3v) is 4.23. The maximum absolute atomic E-state index is 12.3. The normalized spacial score (nSPS) is 17.8. The fourth-order valence-corrected chi connectivity index (χ4v) is 2.54. The van der Waals surface area contributed by atoms with Crippen molar-refractivity contribution in [1.82, 2.24) is 15.1 Å². The van der Waals surface area contributed by atoms with Crippen LogP contribution in [0.25, 0.3) is 0 Å². The van der Waals surface area contributed by atoms with Gasteiger partial charge in [0.05, 0.1) is 12.5 Å². The molecule has 1 atom stereocenters. The number of hydrogen-bond donors (Lipinski definition) is 2. The molecular formula is C17H29N3O5. The molecule has 0 bridgehead atoms. The van der Waals surface area contributed by atoms with E-state index in [1.54, 1.807) is 20.8 Å². The Labute approximate surface area is 148 Å². The van der Waals surface area contributed by atoms with Gasteiger partial charge in [0.1, 0.15) is 0 Å². The first-order valence-electron chi connectivity index (χ1n) is 8.55. The Morgan fingerprint density at radius 1 is 1.24 bits per heavy atom. The number of carboxylic acid groups (broad SMARTS) is 1. The summed E-state index contributed by atoms with van der Waals surface area (Å²) in [5.74, 6) is -2.05. The van der Waals surface area contributed by atoms with Crippen LogP contribution in [0.1, 0.15) is 40.0 Å². The van der Waals surface area contributed by atoms with Gasteiger partial charge in [-0.05, 0) is 12.8 Å². The standard InChI is InChI=1S/C17H29N3O5/c1-17(2,3)16(25)18-8-7-13(21)19(4)11-14(22)20-9-5-6-12(10-20)15(23)24/h12H,5-11H2,1-4H3,(H,18,25)(H,23,24). The van der Waals surface area contributed by atoms with E-state index in [-0.39, 0.29) is 43.8 Å². The van der Waals surface area contributed by atoms with E-state index in [2.05, 4.69) is 5.32 Å². The molecule has 0 radical (unpaired) electrons. The highest BCUT2D eigenvalue weighted by Gasteiger charge is 2.29. The molecule has 1 saturated heterocycles. The molecule has 3 amide bonds. The molecule has 1 rings (SSSR count). The number of rotatable bonds is 6. The number of nitrogens with zero attached hydrogens (tertiary/aromatic N) is 2. The van der Waals surface area contributed by atoms with Gasteiger partial charge in [0, 0.05) is 38.5 Å². The molecule has 2 N–H and O–H groups in total. The molecule has 0 spiro atoms. The van der Waals surface area contributed by atoms with Crippen LogP contribution in [0.15, 0.2) is 0 Å². The van der Waals surface area contributed by atoms with Crippen LogP contribution >= 0.6 is 0 Å². The monoisotopic (exact) mass is 355 g/mol. The molecule has 0 saturated carbocycles. The maximum atomic E-state index is 12.3. The quantitative estimate of drug-likeness (QED) is 0.713. The second kappa shape index (κ2) is 8.82. The van der Waals surface area contributed by atoms with E-state index >= 15 is 0 Å². The Morgan fingerprint density at radius 2 is 1.88 bits per heavy atom. The minimum absolute atomic E-state index is 0.0849. The number of piperidine rings is 1. The molecule has 0 aliphatic carbocycles. The highest BCUT2D eigenvalue weighted by molar-refractivity contribution is 5.86. The highest BCUT2D eigenvalue weighted by atomic mass is 16.4. The minimum atomic E-state index is -0.892. The van der Waals surface area contributed by atoms with Crippen molar-refractivity contribution >= 4 is 23.7 Å². The van der Waals surface area contributed by atoms with Crippen LogP contribution in [0.5, 0.6) is 0 Å². The Hall–Kier alpha value is -2.12. The van der Waals surface area contributed by atoms with Crippen molar-refractivity contribution in [3.05, 3.63) is 0 Å². The predicted molar refractivity (Wildman–Crippen MR) is 91.7 cm³/mol. The van der Waals surface area contributed by atoms with Crippen LogP contribution < -0.4 is 5.32 Å². The minimum Gasteiger partial charge on any atom is -0.481 e. The Kier molecular flexibility index (Phi) is 7.38. The Balaban J connectivity index is 2.40. The molecular weight excluding hydrogens is 326 g/mol. The second-order valence-electron chi connectivity index (χ2n) is 7.52.